The molecule has 0 spiro atoms. The minimum atomic E-state index is 0.0502. The standard InChI is InChI=1S/C18H17N5O3/c1-25-14-5-2-4-12(8-14)9-15(24)23-10-13(11-23)18-21-17(22-26-18)16-19-6-3-7-20-16/h2-8,13H,9-11H2,1H3. The van der Waals surface area contributed by atoms with Gasteiger partial charge in [0.05, 0.1) is 19.4 Å². The fourth-order valence-electron chi connectivity index (χ4n) is 2.81. The minimum absolute atomic E-state index is 0.0502. The van der Waals surface area contributed by atoms with Crippen molar-refractivity contribution in [3.05, 3.63) is 54.2 Å². The normalized spacial score (nSPS) is 14.1. The average Bonchev–Trinajstić information content (AvgIpc) is 3.11. The molecule has 1 amide bonds. The number of amides is 1. The lowest BCUT2D eigenvalue weighted by molar-refractivity contribution is -0.135. The third-order valence-corrected chi connectivity index (χ3v) is 4.28. The van der Waals surface area contributed by atoms with Gasteiger partial charge >= 0.3 is 0 Å². The van der Waals surface area contributed by atoms with Gasteiger partial charge in [-0.2, -0.15) is 4.98 Å². The van der Waals surface area contributed by atoms with Gasteiger partial charge in [0, 0.05) is 25.5 Å². The Balaban J connectivity index is 1.35. The number of benzene rings is 1. The van der Waals surface area contributed by atoms with Crippen LogP contribution in [0.5, 0.6) is 5.75 Å². The summed E-state index contributed by atoms with van der Waals surface area (Å²) >= 11 is 0. The molecule has 3 heterocycles. The molecule has 0 unspecified atom stereocenters. The van der Waals surface area contributed by atoms with Crippen molar-refractivity contribution in [1.29, 1.82) is 0 Å². The van der Waals surface area contributed by atoms with Gasteiger partial charge in [-0.1, -0.05) is 17.3 Å². The van der Waals surface area contributed by atoms with E-state index in [1.165, 1.54) is 0 Å². The summed E-state index contributed by atoms with van der Waals surface area (Å²) in [5.74, 6) is 2.17. The summed E-state index contributed by atoms with van der Waals surface area (Å²) in [6.07, 6.45) is 3.60. The molecule has 0 aliphatic carbocycles. The number of carbonyl (C=O) groups excluding carboxylic acids is 1. The summed E-state index contributed by atoms with van der Waals surface area (Å²) in [7, 11) is 1.61. The van der Waals surface area contributed by atoms with Crippen LogP contribution in [-0.4, -0.2) is 51.1 Å². The molecule has 0 bridgehead atoms. The monoisotopic (exact) mass is 351 g/mol. The van der Waals surface area contributed by atoms with E-state index in [9.17, 15) is 4.79 Å². The molecule has 8 nitrogen and oxygen atoms in total. The predicted octanol–water partition coefficient (Wildman–Crippen LogP) is 1.70. The Hall–Kier alpha value is -3.29. The van der Waals surface area contributed by atoms with Crippen LogP contribution >= 0.6 is 0 Å². The van der Waals surface area contributed by atoms with Gasteiger partial charge in [-0.25, -0.2) is 9.97 Å². The molecular formula is C18H17N5O3. The number of likely N-dealkylation sites (tertiary alicyclic amines) is 1. The quantitative estimate of drug-likeness (QED) is 0.690. The Morgan fingerprint density at radius 2 is 2.04 bits per heavy atom. The first kappa shape index (κ1) is 16.2. The van der Waals surface area contributed by atoms with Crippen molar-refractivity contribution in [1.82, 2.24) is 25.0 Å². The van der Waals surface area contributed by atoms with Crippen LogP contribution in [0.15, 0.2) is 47.2 Å². The van der Waals surface area contributed by atoms with Crippen LogP contribution in [0.25, 0.3) is 11.6 Å². The molecule has 1 aliphatic heterocycles. The van der Waals surface area contributed by atoms with E-state index < -0.39 is 0 Å². The lowest BCUT2D eigenvalue weighted by atomic mass is 9.99. The zero-order chi connectivity index (χ0) is 17.9. The highest BCUT2D eigenvalue weighted by Crippen LogP contribution is 2.27. The SMILES string of the molecule is COc1cccc(CC(=O)N2CC(c3nc(-c4ncccn4)no3)C2)c1. The van der Waals surface area contributed by atoms with Crippen molar-refractivity contribution in [3.63, 3.8) is 0 Å². The molecule has 3 aromatic rings. The van der Waals surface area contributed by atoms with E-state index in [1.54, 1.807) is 30.5 Å². The zero-order valence-electron chi connectivity index (χ0n) is 14.2. The van der Waals surface area contributed by atoms with Gasteiger partial charge in [-0.3, -0.25) is 4.79 Å². The van der Waals surface area contributed by atoms with Crippen LogP contribution in [0.2, 0.25) is 0 Å². The summed E-state index contributed by atoms with van der Waals surface area (Å²) in [6.45, 7) is 1.14. The van der Waals surface area contributed by atoms with Crippen molar-refractivity contribution in [2.75, 3.05) is 20.2 Å². The highest BCUT2D eigenvalue weighted by molar-refractivity contribution is 5.79. The molecule has 0 N–H and O–H groups in total. The minimum Gasteiger partial charge on any atom is -0.497 e. The molecule has 1 fully saturated rings. The second kappa shape index (κ2) is 6.91. The van der Waals surface area contributed by atoms with Crippen molar-refractivity contribution >= 4 is 5.91 Å². The van der Waals surface area contributed by atoms with Crippen molar-refractivity contribution in [3.8, 4) is 17.4 Å². The molecule has 26 heavy (non-hydrogen) atoms. The highest BCUT2D eigenvalue weighted by atomic mass is 16.5. The molecule has 0 radical (unpaired) electrons. The summed E-state index contributed by atoms with van der Waals surface area (Å²) < 4.78 is 10.5. The van der Waals surface area contributed by atoms with Gasteiger partial charge in [0.15, 0.2) is 0 Å². The number of hydrogen-bond donors (Lipinski definition) is 0. The first-order valence-electron chi connectivity index (χ1n) is 8.24. The van der Waals surface area contributed by atoms with Crippen LogP contribution in [0, 0.1) is 0 Å². The molecule has 1 saturated heterocycles. The molecule has 2 aromatic heterocycles. The lowest BCUT2D eigenvalue weighted by Crippen LogP contribution is -2.49. The first-order valence-corrected chi connectivity index (χ1v) is 8.24. The predicted molar refractivity (Wildman–Crippen MR) is 91.3 cm³/mol. The van der Waals surface area contributed by atoms with Crippen LogP contribution in [-0.2, 0) is 11.2 Å². The molecule has 0 atom stereocenters. The van der Waals surface area contributed by atoms with E-state index in [4.69, 9.17) is 9.26 Å². The van der Waals surface area contributed by atoms with Crippen molar-refractivity contribution in [2.24, 2.45) is 0 Å². The maximum Gasteiger partial charge on any atom is 0.240 e. The second-order valence-electron chi connectivity index (χ2n) is 6.05. The summed E-state index contributed by atoms with van der Waals surface area (Å²) in [4.78, 5) is 26.7. The zero-order valence-corrected chi connectivity index (χ0v) is 14.2. The number of aromatic nitrogens is 4. The molecule has 4 rings (SSSR count). The average molecular weight is 351 g/mol. The third kappa shape index (κ3) is 3.26. The van der Waals surface area contributed by atoms with Crippen LogP contribution in [0.3, 0.4) is 0 Å². The molecule has 8 heteroatoms. The van der Waals surface area contributed by atoms with E-state index in [1.807, 2.05) is 24.3 Å². The molecule has 132 valence electrons. The third-order valence-electron chi connectivity index (χ3n) is 4.28. The highest BCUT2D eigenvalue weighted by Gasteiger charge is 2.35. The number of carbonyl (C=O) groups is 1. The smallest absolute Gasteiger partial charge is 0.240 e. The van der Waals surface area contributed by atoms with E-state index in [0.29, 0.717) is 37.0 Å². The maximum absolute atomic E-state index is 12.4. The largest absolute Gasteiger partial charge is 0.497 e. The Bertz CT molecular complexity index is 906. The van der Waals surface area contributed by atoms with Gasteiger partial charge < -0.3 is 14.2 Å². The van der Waals surface area contributed by atoms with Crippen LogP contribution in [0.4, 0.5) is 0 Å². The van der Waals surface area contributed by atoms with E-state index in [-0.39, 0.29) is 11.8 Å². The van der Waals surface area contributed by atoms with E-state index in [2.05, 4.69) is 20.1 Å². The number of rotatable bonds is 5. The number of ether oxygens (including phenoxy) is 1. The van der Waals surface area contributed by atoms with Gasteiger partial charge in [-0.15, -0.1) is 0 Å². The number of hydrogen-bond acceptors (Lipinski definition) is 7. The molecule has 0 saturated carbocycles. The van der Waals surface area contributed by atoms with Crippen LogP contribution < -0.4 is 4.74 Å². The molecule has 1 aromatic carbocycles. The Morgan fingerprint density at radius 1 is 1.23 bits per heavy atom. The van der Waals surface area contributed by atoms with E-state index in [0.717, 1.165) is 11.3 Å². The molecule has 1 aliphatic rings. The topological polar surface area (TPSA) is 94.2 Å². The van der Waals surface area contributed by atoms with Crippen LogP contribution in [0.1, 0.15) is 17.4 Å². The summed E-state index contributed by atoms with van der Waals surface area (Å²) in [6, 6.07) is 9.26. The maximum atomic E-state index is 12.4. The summed E-state index contributed by atoms with van der Waals surface area (Å²) in [5.41, 5.74) is 0.930. The summed E-state index contributed by atoms with van der Waals surface area (Å²) in [5, 5.41) is 3.92. The van der Waals surface area contributed by atoms with Gasteiger partial charge in [0.2, 0.25) is 23.4 Å². The molecular weight excluding hydrogens is 334 g/mol. The second-order valence-corrected chi connectivity index (χ2v) is 6.05. The van der Waals surface area contributed by atoms with Gasteiger partial charge in [-0.05, 0) is 23.8 Å². The van der Waals surface area contributed by atoms with Crippen molar-refractivity contribution < 1.29 is 14.1 Å². The fraction of sp³-hybridized carbons (Fsp3) is 0.278. The first-order chi connectivity index (χ1) is 12.7. The van der Waals surface area contributed by atoms with Crippen molar-refractivity contribution in [2.45, 2.75) is 12.3 Å². The Labute approximate surface area is 149 Å². The van der Waals surface area contributed by atoms with Gasteiger partial charge in [0.1, 0.15) is 5.75 Å². The lowest BCUT2D eigenvalue weighted by Gasteiger charge is -2.37. The Morgan fingerprint density at radius 3 is 2.81 bits per heavy atom. The Kier molecular flexibility index (Phi) is 4.30. The van der Waals surface area contributed by atoms with Gasteiger partial charge in [0.25, 0.3) is 0 Å². The van der Waals surface area contributed by atoms with E-state index >= 15 is 0 Å². The number of methoxy groups -OCH3 is 1. The fourth-order valence-corrected chi connectivity index (χ4v) is 2.81. The number of nitrogens with zero attached hydrogens (tertiary/aromatic N) is 5.